The zero-order valence-corrected chi connectivity index (χ0v) is 22.0. The molecular formula is C30H36N2O4. The zero-order chi connectivity index (χ0) is 26.5. The molecule has 3 aromatic carbocycles. The Kier molecular flexibility index (Phi) is 8.41. The van der Waals surface area contributed by atoms with E-state index in [0.29, 0.717) is 5.69 Å². The van der Waals surface area contributed by atoms with E-state index in [-0.39, 0.29) is 17.7 Å². The highest BCUT2D eigenvalue weighted by Gasteiger charge is 2.26. The number of esters is 1. The molecule has 0 saturated heterocycles. The minimum absolute atomic E-state index is 0.0132. The van der Waals surface area contributed by atoms with Crippen LogP contribution in [0.1, 0.15) is 45.7 Å². The van der Waals surface area contributed by atoms with E-state index < -0.39 is 11.9 Å². The van der Waals surface area contributed by atoms with Crippen molar-refractivity contribution < 1.29 is 19.4 Å². The Morgan fingerprint density at radius 1 is 0.889 bits per heavy atom. The number of amides is 1. The summed E-state index contributed by atoms with van der Waals surface area (Å²) < 4.78 is 4.77. The van der Waals surface area contributed by atoms with Gasteiger partial charge in [-0.05, 0) is 66.3 Å². The molecule has 0 aliphatic carbocycles. The Hall–Kier alpha value is -3.80. The van der Waals surface area contributed by atoms with E-state index in [1.165, 1.54) is 17.6 Å². The number of nitrogens with zero attached hydrogens (tertiary/aromatic N) is 2. The molecule has 36 heavy (non-hydrogen) atoms. The highest BCUT2D eigenvalue weighted by Crippen LogP contribution is 2.36. The fraction of sp³-hybridized carbons (Fsp3) is 0.333. The largest absolute Gasteiger partial charge is 0.508 e. The Morgan fingerprint density at radius 2 is 1.50 bits per heavy atom. The van der Waals surface area contributed by atoms with Crippen LogP contribution < -0.4 is 9.80 Å². The molecule has 0 aromatic heterocycles. The smallest absolute Gasteiger partial charge is 0.397 e. The Labute approximate surface area is 214 Å². The van der Waals surface area contributed by atoms with Gasteiger partial charge >= 0.3 is 11.9 Å². The van der Waals surface area contributed by atoms with Crippen LogP contribution in [-0.4, -0.2) is 37.2 Å². The monoisotopic (exact) mass is 488 g/mol. The second kappa shape index (κ2) is 11.3. The number of aromatic hydroxyl groups is 1. The molecule has 1 N–H and O–H groups in total. The third kappa shape index (κ3) is 6.06. The van der Waals surface area contributed by atoms with Crippen molar-refractivity contribution in [3.05, 3.63) is 77.9 Å². The van der Waals surface area contributed by atoms with Crippen molar-refractivity contribution in [2.75, 3.05) is 30.0 Å². The average molecular weight is 489 g/mol. The number of phenols is 1. The summed E-state index contributed by atoms with van der Waals surface area (Å²) in [6, 6.07) is 20.8. The predicted octanol–water partition coefficient (Wildman–Crippen LogP) is 5.91. The topological polar surface area (TPSA) is 70.1 Å². The summed E-state index contributed by atoms with van der Waals surface area (Å²) in [6.45, 7) is 12.5. The lowest BCUT2D eigenvalue weighted by atomic mass is 9.87. The first-order valence-corrected chi connectivity index (χ1v) is 12.3. The molecule has 0 fully saturated rings. The van der Waals surface area contributed by atoms with Gasteiger partial charge in [0.05, 0.1) is 13.7 Å². The fourth-order valence-electron chi connectivity index (χ4n) is 4.17. The molecule has 0 atom stereocenters. The molecule has 0 spiro atoms. The predicted molar refractivity (Wildman–Crippen MR) is 145 cm³/mol. The number of ether oxygens (including phenoxy) is 1. The van der Waals surface area contributed by atoms with Gasteiger partial charge in [0, 0.05) is 30.0 Å². The van der Waals surface area contributed by atoms with Gasteiger partial charge in [0.2, 0.25) is 0 Å². The maximum Gasteiger partial charge on any atom is 0.397 e. The van der Waals surface area contributed by atoms with E-state index in [9.17, 15) is 14.7 Å². The van der Waals surface area contributed by atoms with E-state index >= 15 is 0 Å². The minimum Gasteiger partial charge on any atom is -0.508 e. The summed E-state index contributed by atoms with van der Waals surface area (Å²) in [5.41, 5.74) is 5.51. The molecule has 190 valence electrons. The summed E-state index contributed by atoms with van der Waals surface area (Å²) in [6.07, 6.45) is 0. The van der Waals surface area contributed by atoms with Crippen LogP contribution in [0.5, 0.6) is 5.75 Å². The summed E-state index contributed by atoms with van der Waals surface area (Å²) in [5.74, 6) is -1.47. The summed E-state index contributed by atoms with van der Waals surface area (Å²) in [7, 11) is 1.21. The van der Waals surface area contributed by atoms with Gasteiger partial charge < -0.3 is 14.7 Å². The average Bonchev–Trinajstić information content (AvgIpc) is 2.87. The van der Waals surface area contributed by atoms with Crippen LogP contribution >= 0.6 is 0 Å². The normalized spacial score (nSPS) is 11.2. The van der Waals surface area contributed by atoms with Crippen LogP contribution in [-0.2, 0) is 26.3 Å². The van der Waals surface area contributed by atoms with Crippen molar-refractivity contribution in [2.24, 2.45) is 0 Å². The van der Waals surface area contributed by atoms with E-state index in [0.717, 1.165) is 35.5 Å². The molecule has 3 rings (SSSR count). The molecule has 6 heteroatoms. The highest BCUT2D eigenvalue weighted by molar-refractivity contribution is 6.38. The summed E-state index contributed by atoms with van der Waals surface area (Å²) >= 11 is 0. The number of carbonyl (C=O) groups excluding carboxylic acids is 2. The molecule has 0 saturated carbocycles. The molecule has 0 aliphatic rings. The van der Waals surface area contributed by atoms with Gasteiger partial charge in [-0.25, -0.2) is 4.79 Å². The lowest BCUT2D eigenvalue weighted by Gasteiger charge is -2.28. The SMILES string of the molecule is CCN(CC)c1ccc(N(Cc2ccc(C(C)(C)C)cc2)C(=O)C(=O)OC)cc1-c1ccc(O)cc1. The minimum atomic E-state index is -0.916. The van der Waals surface area contributed by atoms with E-state index in [4.69, 9.17) is 4.74 Å². The van der Waals surface area contributed by atoms with Crippen LogP contribution in [0.15, 0.2) is 66.7 Å². The number of benzene rings is 3. The lowest BCUT2D eigenvalue weighted by Crippen LogP contribution is -2.37. The van der Waals surface area contributed by atoms with Gasteiger partial charge in [-0.2, -0.15) is 0 Å². The third-order valence-electron chi connectivity index (χ3n) is 6.34. The maximum absolute atomic E-state index is 13.1. The standard InChI is InChI=1S/C30H36N2O4/c1-7-31(8-2)27-18-15-24(19-26(27)22-11-16-25(33)17-12-22)32(28(34)29(35)36-6)20-21-9-13-23(14-10-21)30(3,4)5/h9-19,33H,7-8,20H2,1-6H3. The molecule has 3 aromatic rings. The number of methoxy groups -OCH3 is 1. The first kappa shape index (κ1) is 26.8. The molecule has 0 radical (unpaired) electrons. The van der Waals surface area contributed by atoms with Crippen LogP contribution in [0.25, 0.3) is 11.1 Å². The summed E-state index contributed by atoms with van der Waals surface area (Å²) in [4.78, 5) is 29.1. The van der Waals surface area contributed by atoms with Crippen LogP contribution in [0.4, 0.5) is 11.4 Å². The van der Waals surface area contributed by atoms with Crippen molar-refractivity contribution >= 4 is 23.3 Å². The van der Waals surface area contributed by atoms with Crippen LogP contribution in [0, 0.1) is 0 Å². The molecule has 0 bridgehead atoms. The van der Waals surface area contributed by atoms with Gasteiger partial charge in [-0.15, -0.1) is 0 Å². The number of carbonyl (C=O) groups is 2. The molecule has 0 aliphatic heterocycles. The van der Waals surface area contributed by atoms with Gasteiger partial charge in [-0.1, -0.05) is 57.2 Å². The van der Waals surface area contributed by atoms with E-state index in [1.807, 2.05) is 42.5 Å². The van der Waals surface area contributed by atoms with Crippen LogP contribution in [0.3, 0.4) is 0 Å². The van der Waals surface area contributed by atoms with Crippen molar-refractivity contribution in [1.82, 2.24) is 0 Å². The number of anilines is 2. The first-order valence-electron chi connectivity index (χ1n) is 12.3. The molecule has 6 nitrogen and oxygen atoms in total. The van der Waals surface area contributed by atoms with Crippen molar-refractivity contribution in [2.45, 2.75) is 46.6 Å². The van der Waals surface area contributed by atoms with Gasteiger partial charge in [0.15, 0.2) is 0 Å². The first-order chi connectivity index (χ1) is 17.1. The fourth-order valence-corrected chi connectivity index (χ4v) is 4.17. The second-order valence-electron chi connectivity index (χ2n) is 9.75. The lowest BCUT2D eigenvalue weighted by molar-refractivity contribution is -0.151. The quantitative estimate of drug-likeness (QED) is 0.331. The Morgan fingerprint density at radius 3 is 2.03 bits per heavy atom. The second-order valence-corrected chi connectivity index (χ2v) is 9.75. The Balaban J connectivity index is 2.10. The molecular weight excluding hydrogens is 452 g/mol. The highest BCUT2D eigenvalue weighted by atomic mass is 16.5. The van der Waals surface area contributed by atoms with E-state index in [2.05, 4.69) is 51.7 Å². The molecule has 0 unspecified atom stereocenters. The maximum atomic E-state index is 13.1. The Bertz CT molecular complexity index is 1190. The van der Waals surface area contributed by atoms with Gasteiger partial charge in [0.25, 0.3) is 0 Å². The van der Waals surface area contributed by atoms with Gasteiger partial charge in [0.1, 0.15) is 5.75 Å². The number of hydrogen-bond acceptors (Lipinski definition) is 5. The molecule has 0 heterocycles. The summed E-state index contributed by atoms with van der Waals surface area (Å²) in [5, 5.41) is 9.80. The third-order valence-corrected chi connectivity index (χ3v) is 6.34. The number of phenolic OH excluding ortho intramolecular Hbond substituents is 1. The van der Waals surface area contributed by atoms with Crippen LogP contribution in [0.2, 0.25) is 0 Å². The van der Waals surface area contributed by atoms with Crippen molar-refractivity contribution in [3.8, 4) is 16.9 Å². The zero-order valence-electron chi connectivity index (χ0n) is 22.0. The molecule has 1 amide bonds. The van der Waals surface area contributed by atoms with Gasteiger partial charge in [-0.3, -0.25) is 9.69 Å². The van der Waals surface area contributed by atoms with Crippen molar-refractivity contribution in [1.29, 1.82) is 0 Å². The van der Waals surface area contributed by atoms with E-state index in [1.54, 1.807) is 12.1 Å². The number of hydrogen-bond donors (Lipinski definition) is 1. The number of rotatable bonds is 7. The van der Waals surface area contributed by atoms with Crippen molar-refractivity contribution in [3.63, 3.8) is 0 Å².